The van der Waals surface area contributed by atoms with Gasteiger partial charge in [-0.15, -0.1) is 0 Å². The van der Waals surface area contributed by atoms with Crippen molar-refractivity contribution in [3.05, 3.63) is 30.7 Å². The Morgan fingerprint density at radius 3 is 2.24 bits per heavy atom. The lowest BCUT2D eigenvalue weighted by Gasteiger charge is -2.32. The van der Waals surface area contributed by atoms with Gasteiger partial charge in [-0.3, -0.25) is 0 Å². The van der Waals surface area contributed by atoms with Crippen LogP contribution in [0.2, 0.25) is 0 Å². The van der Waals surface area contributed by atoms with Gasteiger partial charge in [0.05, 0.1) is 16.8 Å². The molecule has 0 radical (unpaired) electrons. The lowest BCUT2D eigenvalue weighted by atomic mass is 9.86. The van der Waals surface area contributed by atoms with Crippen molar-refractivity contribution in [2.24, 2.45) is 0 Å². The van der Waals surface area contributed by atoms with E-state index in [1.54, 1.807) is 6.07 Å². The highest BCUT2D eigenvalue weighted by Crippen LogP contribution is 2.36. The van der Waals surface area contributed by atoms with Gasteiger partial charge in [0.25, 0.3) is 6.08 Å². The topological polar surface area (TPSA) is 62.1 Å². The number of imidazole rings is 1. The van der Waals surface area contributed by atoms with Crippen molar-refractivity contribution in [1.82, 2.24) is 19.5 Å². The van der Waals surface area contributed by atoms with E-state index >= 15 is 0 Å². The Hall–Kier alpha value is -1.80. The molecule has 8 heteroatoms. The van der Waals surface area contributed by atoms with Gasteiger partial charge in [0, 0.05) is 18.6 Å². The van der Waals surface area contributed by atoms with Gasteiger partial charge >= 0.3 is 7.12 Å². The molecule has 0 spiro atoms. The summed E-state index contributed by atoms with van der Waals surface area (Å²) in [4.78, 5) is 11.9. The summed E-state index contributed by atoms with van der Waals surface area (Å²) in [5.74, 6) is 0.213. The highest BCUT2D eigenvalue weighted by Gasteiger charge is 2.52. The molecule has 2 aromatic heterocycles. The predicted molar refractivity (Wildman–Crippen MR) is 74.8 cm³/mol. The molecule has 3 heterocycles. The molecule has 0 aromatic carbocycles. The van der Waals surface area contributed by atoms with E-state index in [1.807, 2.05) is 27.7 Å². The number of hydrogen-bond acceptors (Lipinski definition) is 5. The monoisotopic (exact) mass is 290 g/mol. The number of aromatic nitrogens is 4. The minimum Gasteiger partial charge on any atom is -0.398 e. The standard InChI is InChI=1S/C13H16BFN4O2/c1-12(2)13(3,4)21-14(20-12)9-8-19(10(15)18-9)11-16-6-5-7-17-11/h5-8H,1-4H3. The summed E-state index contributed by atoms with van der Waals surface area (Å²) >= 11 is 0. The zero-order valence-electron chi connectivity index (χ0n) is 12.4. The van der Waals surface area contributed by atoms with Gasteiger partial charge in [-0.1, -0.05) is 0 Å². The number of rotatable bonds is 2. The molecule has 0 saturated carbocycles. The molecule has 3 rings (SSSR count). The fraction of sp³-hybridized carbons (Fsp3) is 0.462. The van der Waals surface area contributed by atoms with Crippen LogP contribution in [-0.4, -0.2) is 37.8 Å². The molecule has 0 unspecified atom stereocenters. The van der Waals surface area contributed by atoms with E-state index in [0.717, 1.165) is 0 Å². The molecule has 1 aliphatic heterocycles. The third-order valence-corrected chi connectivity index (χ3v) is 3.94. The molecular weight excluding hydrogens is 274 g/mol. The zero-order chi connectivity index (χ0) is 15.3. The van der Waals surface area contributed by atoms with Crippen LogP contribution in [0.3, 0.4) is 0 Å². The van der Waals surface area contributed by atoms with Gasteiger partial charge in [0.1, 0.15) is 0 Å². The molecule has 0 atom stereocenters. The summed E-state index contributed by atoms with van der Waals surface area (Å²) in [6, 6.07) is 1.66. The van der Waals surface area contributed by atoms with E-state index in [4.69, 9.17) is 9.31 Å². The van der Waals surface area contributed by atoms with Crippen LogP contribution in [0, 0.1) is 6.08 Å². The van der Waals surface area contributed by atoms with E-state index in [-0.39, 0.29) is 5.95 Å². The van der Waals surface area contributed by atoms with E-state index < -0.39 is 24.4 Å². The molecule has 110 valence electrons. The van der Waals surface area contributed by atoms with Gasteiger partial charge in [-0.05, 0) is 33.8 Å². The average molecular weight is 290 g/mol. The number of hydrogen-bond donors (Lipinski definition) is 0. The lowest BCUT2D eigenvalue weighted by Crippen LogP contribution is -2.41. The van der Waals surface area contributed by atoms with Crippen LogP contribution < -0.4 is 5.59 Å². The maximum absolute atomic E-state index is 14.0. The second-order valence-corrected chi connectivity index (χ2v) is 5.94. The van der Waals surface area contributed by atoms with Crippen molar-refractivity contribution in [2.45, 2.75) is 38.9 Å². The summed E-state index contributed by atoms with van der Waals surface area (Å²) in [7, 11) is -0.713. The van der Waals surface area contributed by atoms with Crippen molar-refractivity contribution >= 4 is 12.7 Å². The van der Waals surface area contributed by atoms with Gasteiger partial charge in [0.15, 0.2) is 0 Å². The molecule has 1 saturated heterocycles. The fourth-order valence-corrected chi connectivity index (χ4v) is 2.01. The first-order valence-corrected chi connectivity index (χ1v) is 6.68. The molecule has 1 aliphatic rings. The third-order valence-electron chi connectivity index (χ3n) is 3.94. The van der Waals surface area contributed by atoms with Crippen molar-refractivity contribution in [3.63, 3.8) is 0 Å². The van der Waals surface area contributed by atoms with Crippen LogP contribution in [0.15, 0.2) is 24.7 Å². The first kappa shape index (κ1) is 14.2. The Morgan fingerprint density at radius 1 is 1.10 bits per heavy atom. The maximum Gasteiger partial charge on any atom is 0.516 e. The quantitative estimate of drug-likeness (QED) is 0.775. The van der Waals surface area contributed by atoms with E-state index in [0.29, 0.717) is 5.59 Å². The van der Waals surface area contributed by atoms with Crippen LogP contribution in [0.25, 0.3) is 5.95 Å². The van der Waals surface area contributed by atoms with Crippen LogP contribution in [0.5, 0.6) is 0 Å². The predicted octanol–water partition coefficient (Wildman–Crippen LogP) is 1.10. The Balaban J connectivity index is 1.93. The molecule has 21 heavy (non-hydrogen) atoms. The lowest BCUT2D eigenvalue weighted by molar-refractivity contribution is 0.00578. The molecule has 0 aliphatic carbocycles. The van der Waals surface area contributed by atoms with Crippen LogP contribution in [0.1, 0.15) is 27.7 Å². The van der Waals surface area contributed by atoms with E-state index in [2.05, 4.69) is 15.0 Å². The minimum atomic E-state index is -0.713. The van der Waals surface area contributed by atoms with E-state index in [1.165, 1.54) is 23.2 Å². The Bertz CT molecular complexity index is 643. The molecule has 2 aromatic rings. The second-order valence-electron chi connectivity index (χ2n) is 5.94. The summed E-state index contributed by atoms with van der Waals surface area (Å²) in [6.45, 7) is 7.72. The first-order valence-electron chi connectivity index (χ1n) is 6.68. The highest BCUT2D eigenvalue weighted by atomic mass is 19.1. The van der Waals surface area contributed by atoms with Crippen molar-refractivity contribution in [2.75, 3.05) is 0 Å². The van der Waals surface area contributed by atoms with Crippen molar-refractivity contribution < 1.29 is 13.7 Å². The van der Waals surface area contributed by atoms with Crippen LogP contribution >= 0.6 is 0 Å². The van der Waals surface area contributed by atoms with Gasteiger partial charge in [-0.2, -0.15) is 4.39 Å². The largest absolute Gasteiger partial charge is 0.516 e. The summed E-state index contributed by atoms with van der Waals surface area (Å²) < 4.78 is 26.9. The average Bonchev–Trinajstić information content (AvgIpc) is 2.89. The molecule has 6 nitrogen and oxygen atoms in total. The molecular formula is C13H16BFN4O2. The van der Waals surface area contributed by atoms with Gasteiger partial charge in [-0.25, -0.2) is 19.5 Å². The fourth-order valence-electron chi connectivity index (χ4n) is 2.01. The Labute approximate surface area is 122 Å². The maximum atomic E-state index is 14.0. The Morgan fingerprint density at radius 2 is 1.67 bits per heavy atom. The third kappa shape index (κ3) is 2.34. The highest BCUT2D eigenvalue weighted by molar-refractivity contribution is 6.61. The van der Waals surface area contributed by atoms with Crippen molar-refractivity contribution in [1.29, 1.82) is 0 Å². The second kappa shape index (κ2) is 4.61. The number of nitrogens with zero attached hydrogens (tertiary/aromatic N) is 4. The summed E-state index contributed by atoms with van der Waals surface area (Å²) in [5.41, 5.74) is -0.638. The van der Waals surface area contributed by atoms with Crippen LogP contribution in [0.4, 0.5) is 4.39 Å². The SMILES string of the molecule is CC1(C)OB(c2cn(-c3ncccn3)c(F)n2)OC1(C)C. The van der Waals surface area contributed by atoms with Gasteiger partial charge in [0.2, 0.25) is 5.95 Å². The first-order chi connectivity index (χ1) is 9.80. The molecule has 1 fully saturated rings. The smallest absolute Gasteiger partial charge is 0.398 e. The Kier molecular flexibility index (Phi) is 3.10. The summed E-state index contributed by atoms with van der Waals surface area (Å²) in [5, 5.41) is 0. The van der Waals surface area contributed by atoms with Gasteiger partial charge < -0.3 is 9.31 Å². The minimum absolute atomic E-state index is 0.213. The van der Waals surface area contributed by atoms with E-state index in [9.17, 15) is 4.39 Å². The summed E-state index contributed by atoms with van der Waals surface area (Å²) in [6.07, 6.45) is 3.87. The van der Waals surface area contributed by atoms with Crippen molar-refractivity contribution in [3.8, 4) is 5.95 Å². The molecule has 0 bridgehead atoms. The van der Waals surface area contributed by atoms with Crippen LogP contribution in [-0.2, 0) is 9.31 Å². The normalized spacial score (nSPS) is 20.0. The molecule has 0 N–H and O–H groups in total. The molecule has 0 amide bonds. The number of halogens is 1. The zero-order valence-corrected chi connectivity index (χ0v) is 12.4.